The first kappa shape index (κ1) is 17.1. The molecule has 6 heteroatoms. The van der Waals surface area contributed by atoms with Crippen LogP contribution in [0.3, 0.4) is 0 Å². The molecule has 1 fully saturated rings. The van der Waals surface area contributed by atoms with Crippen LogP contribution in [0.5, 0.6) is 0 Å². The van der Waals surface area contributed by atoms with Crippen LogP contribution >= 0.6 is 0 Å². The molecule has 0 radical (unpaired) electrons. The van der Waals surface area contributed by atoms with Crippen LogP contribution < -0.4 is 16.4 Å². The van der Waals surface area contributed by atoms with E-state index in [9.17, 15) is 0 Å². The third kappa shape index (κ3) is 4.61. The Labute approximate surface area is 134 Å². The van der Waals surface area contributed by atoms with E-state index in [1.165, 1.54) is 0 Å². The number of guanidine groups is 1. The number of hydrogen-bond donors (Lipinski definition) is 3. The molecule has 6 nitrogen and oxygen atoms in total. The Balaban J connectivity index is 2.13. The van der Waals surface area contributed by atoms with Crippen molar-refractivity contribution in [1.29, 1.82) is 0 Å². The quantitative estimate of drug-likeness (QED) is 0.717. The van der Waals surface area contributed by atoms with Crippen molar-refractivity contribution in [2.24, 2.45) is 16.1 Å². The lowest BCUT2D eigenvalue weighted by molar-refractivity contribution is 0.176. The molecule has 2 rings (SSSR count). The molecule has 2 aliphatic rings. The molecular formula is C16H32N6. The Kier molecular flexibility index (Phi) is 5.02. The van der Waals surface area contributed by atoms with Crippen molar-refractivity contribution in [2.75, 3.05) is 40.3 Å². The highest BCUT2D eigenvalue weighted by molar-refractivity contribution is 5.83. The lowest BCUT2D eigenvalue weighted by Gasteiger charge is -2.42. The Morgan fingerprint density at radius 1 is 1.27 bits per heavy atom. The highest BCUT2D eigenvalue weighted by Crippen LogP contribution is 2.26. The number of nitrogens with two attached hydrogens (primary N) is 1. The minimum atomic E-state index is -0.536. The van der Waals surface area contributed by atoms with Crippen LogP contribution in [0.2, 0.25) is 0 Å². The molecule has 22 heavy (non-hydrogen) atoms. The smallest absolute Gasteiger partial charge is 0.198 e. The van der Waals surface area contributed by atoms with Crippen molar-refractivity contribution in [2.45, 2.75) is 39.3 Å². The average Bonchev–Trinajstić information content (AvgIpc) is 2.45. The van der Waals surface area contributed by atoms with Gasteiger partial charge in [-0.1, -0.05) is 20.8 Å². The van der Waals surface area contributed by atoms with Crippen LogP contribution in [0.4, 0.5) is 0 Å². The molecule has 0 aliphatic carbocycles. The van der Waals surface area contributed by atoms with Gasteiger partial charge in [0.15, 0.2) is 5.96 Å². The number of aliphatic imine (C=N–C) groups is 1. The number of hydrogen-bond acceptors (Lipinski definition) is 4. The molecule has 0 saturated carbocycles. The summed E-state index contributed by atoms with van der Waals surface area (Å²) in [5.41, 5.74) is 6.34. The van der Waals surface area contributed by atoms with Gasteiger partial charge in [-0.2, -0.15) is 0 Å². The van der Waals surface area contributed by atoms with E-state index in [4.69, 9.17) is 5.73 Å². The second-order valence-corrected chi connectivity index (χ2v) is 7.74. The summed E-state index contributed by atoms with van der Waals surface area (Å²) in [4.78, 5) is 9.00. The topological polar surface area (TPSA) is 68.9 Å². The van der Waals surface area contributed by atoms with E-state index in [2.05, 4.69) is 59.3 Å². The summed E-state index contributed by atoms with van der Waals surface area (Å²) in [6.45, 7) is 10.9. The molecule has 1 saturated heterocycles. The SMILES string of the molecule is CN=C1NC(N2CCN(C)CC2)=CC(N)(CCC(C)(C)C)N1. The zero-order valence-corrected chi connectivity index (χ0v) is 14.7. The van der Waals surface area contributed by atoms with E-state index in [-0.39, 0.29) is 5.41 Å². The highest BCUT2D eigenvalue weighted by Gasteiger charge is 2.32. The first-order valence-corrected chi connectivity index (χ1v) is 8.18. The highest BCUT2D eigenvalue weighted by atomic mass is 15.4. The van der Waals surface area contributed by atoms with Gasteiger partial charge in [0.25, 0.3) is 0 Å². The summed E-state index contributed by atoms with van der Waals surface area (Å²) in [5.74, 6) is 1.84. The fourth-order valence-corrected chi connectivity index (χ4v) is 2.74. The summed E-state index contributed by atoms with van der Waals surface area (Å²) in [7, 11) is 3.95. The van der Waals surface area contributed by atoms with Gasteiger partial charge >= 0.3 is 0 Å². The maximum absolute atomic E-state index is 6.61. The van der Waals surface area contributed by atoms with Crippen LogP contribution in [0.15, 0.2) is 16.9 Å². The van der Waals surface area contributed by atoms with Crippen molar-refractivity contribution < 1.29 is 0 Å². The monoisotopic (exact) mass is 308 g/mol. The van der Waals surface area contributed by atoms with E-state index in [1.54, 1.807) is 7.05 Å². The lowest BCUT2D eigenvalue weighted by Crippen LogP contribution is -2.63. The zero-order chi connectivity index (χ0) is 16.4. The predicted molar refractivity (Wildman–Crippen MR) is 92.4 cm³/mol. The van der Waals surface area contributed by atoms with E-state index >= 15 is 0 Å². The van der Waals surface area contributed by atoms with Crippen LogP contribution in [0.25, 0.3) is 0 Å². The van der Waals surface area contributed by atoms with Gasteiger partial charge in [-0.15, -0.1) is 0 Å². The molecule has 1 atom stereocenters. The third-order valence-corrected chi connectivity index (χ3v) is 4.35. The van der Waals surface area contributed by atoms with Gasteiger partial charge in [0.05, 0.1) is 0 Å². The Morgan fingerprint density at radius 2 is 1.91 bits per heavy atom. The summed E-state index contributed by atoms with van der Waals surface area (Å²) >= 11 is 0. The standard InChI is InChI=1S/C16H32N6/c1-15(2,3)6-7-16(17)12-13(19-14(18-4)20-16)22-10-8-21(5)9-11-22/h12H,6-11,17H2,1-5H3,(H2,18,19,20). The van der Waals surface area contributed by atoms with Crippen LogP contribution in [0.1, 0.15) is 33.6 Å². The maximum Gasteiger partial charge on any atom is 0.198 e. The molecule has 0 amide bonds. The van der Waals surface area contributed by atoms with Crippen molar-refractivity contribution in [3.63, 3.8) is 0 Å². The Bertz CT molecular complexity index is 442. The first-order chi connectivity index (χ1) is 10.2. The third-order valence-electron chi connectivity index (χ3n) is 4.35. The van der Waals surface area contributed by atoms with Gasteiger partial charge in [0.1, 0.15) is 11.5 Å². The number of piperazine rings is 1. The molecule has 0 spiro atoms. The zero-order valence-electron chi connectivity index (χ0n) is 14.7. The Morgan fingerprint density at radius 3 is 2.45 bits per heavy atom. The maximum atomic E-state index is 6.61. The van der Waals surface area contributed by atoms with Crippen molar-refractivity contribution in [3.8, 4) is 0 Å². The second kappa shape index (κ2) is 6.46. The van der Waals surface area contributed by atoms with E-state index in [0.29, 0.717) is 0 Å². The van der Waals surface area contributed by atoms with Gasteiger partial charge in [-0.05, 0) is 31.4 Å². The fraction of sp³-hybridized carbons (Fsp3) is 0.812. The molecule has 1 unspecified atom stereocenters. The number of nitrogens with one attached hydrogen (secondary N) is 2. The van der Waals surface area contributed by atoms with Crippen molar-refractivity contribution in [1.82, 2.24) is 20.4 Å². The Hall–Kier alpha value is -1.27. The number of rotatable bonds is 3. The van der Waals surface area contributed by atoms with E-state index in [0.717, 1.165) is 50.8 Å². The summed E-state index contributed by atoms with van der Waals surface area (Å²) < 4.78 is 0. The molecule has 4 N–H and O–H groups in total. The molecular weight excluding hydrogens is 276 g/mol. The van der Waals surface area contributed by atoms with Crippen molar-refractivity contribution >= 4 is 5.96 Å². The van der Waals surface area contributed by atoms with Crippen LogP contribution in [-0.4, -0.2) is 61.7 Å². The van der Waals surface area contributed by atoms with Crippen molar-refractivity contribution in [3.05, 3.63) is 11.9 Å². The number of likely N-dealkylation sites (N-methyl/N-ethyl adjacent to an activating group) is 1. The van der Waals surface area contributed by atoms with Gasteiger partial charge in [0.2, 0.25) is 0 Å². The molecule has 2 aliphatic heterocycles. The molecule has 0 aromatic rings. The predicted octanol–water partition coefficient (Wildman–Crippen LogP) is 0.735. The molecule has 2 heterocycles. The largest absolute Gasteiger partial charge is 0.356 e. The molecule has 0 bridgehead atoms. The summed E-state index contributed by atoms with van der Waals surface area (Å²) in [5, 5.41) is 6.70. The minimum absolute atomic E-state index is 0.268. The summed E-state index contributed by atoms with van der Waals surface area (Å²) in [6, 6.07) is 0. The first-order valence-electron chi connectivity index (χ1n) is 8.18. The van der Waals surface area contributed by atoms with Gasteiger partial charge in [0, 0.05) is 33.2 Å². The minimum Gasteiger partial charge on any atom is -0.356 e. The van der Waals surface area contributed by atoms with Gasteiger partial charge in [-0.25, -0.2) is 0 Å². The van der Waals surface area contributed by atoms with Crippen LogP contribution in [-0.2, 0) is 0 Å². The number of nitrogens with zero attached hydrogens (tertiary/aromatic N) is 3. The summed E-state index contributed by atoms with van der Waals surface area (Å²) in [6.07, 6.45) is 4.08. The van der Waals surface area contributed by atoms with E-state index < -0.39 is 5.66 Å². The molecule has 0 aromatic heterocycles. The van der Waals surface area contributed by atoms with E-state index in [1.807, 2.05) is 0 Å². The molecule has 126 valence electrons. The second-order valence-electron chi connectivity index (χ2n) is 7.74. The normalized spacial score (nSPS) is 29.1. The molecule has 0 aromatic carbocycles. The average molecular weight is 308 g/mol. The van der Waals surface area contributed by atoms with Gasteiger partial charge < -0.3 is 26.2 Å². The van der Waals surface area contributed by atoms with Gasteiger partial charge in [-0.3, -0.25) is 4.99 Å². The van der Waals surface area contributed by atoms with Crippen LogP contribution in [0, 0.1) is 5.41 Å². The fourth-order valence-electron chi connectivity index (χ4n) is 2.74. The lowest BCUT2D eigenvalue weighted by atomic mass is 9.86.